The third-order valence-electron chi connectivity index (χ3n) is 8.72. The molecular formula is C36H33F6N3O5. The molecule has 5 rings (SSSR count). The van der Waals surface area contributed by atoms with Crippen LogP contribution in [0.15, 0.2) is 84.6 Å². The summed E-state index contributed by atoms with van der Waals surface area (Å²) in [6.45, 7) is 5.45. The van der Waals surface area contributed by atoms with E-state index in [0.29, 0.717) is 47.2 Å². The van der Waals surface area contributed by atoms with E-state index in [1.165, 1.54) is 18.1 Å². The van der Waals surface area contributed by atoms with Crippen molar-refractivity contribution in [2.45, 2.75) is 50.3 Å². The Balaban J connectivity index is 1.56. The number of aromatic carboxylic acids is 1. The number of benzene rings is 2. The number of cyclic esters (lactones) is 1. The molecule has 1 aromatic heterocycles. The monoisotopic (exact) mass is 701 g/mol. The number of amides is 1. The van der Waals surface area contributed by atoms with Crippen LogP contribution in [0.2, 0.25) is 0 Å². The van der Waals surface area contributed by atoms with E-state index in [2.05, 4.69) is 11.6 Å². The SMILES string of the molecule is C=C(/C=C(\C=C\C(F)(F)F)C(F)(F)F)[C@H]1OC(=O)N2C1CC[C@H]2c1cc(N(C)C)ncc1-c1cc(-c2ccc(C(=O)O)cc2C)ccc1OC. The van der Waals surface area contributed by atoms with Gasteiger partial charge in [0.2, 0.25) is 0 Å². The number of ether oxygens (including phenoxy) is 2. The highest BCUT2D eigenvalue weighted by Crippen LogP contribution is 2.48. The molecule has 14 heteroatoms. The van der Waals surface area contributed by atoms with Crippen LogP contribution in [0.3, 0.4) is 0 Å². The fourth-order valence-corrected chi connectivity index (χ4v) is 6.38. The largest absolute Gasteiger partial charge is 0.496 e. The smallest absolute Gasteiger partial charge is 0.416 e. The number of fused-ring (bicyclic) bond motifs is 1. The van der Waals surface area contributed by atoms with Crippen LogP contribution in [-0.2, 0) is 4.74 Å². The molecule has 3 heterocycles. The molecule has 3 atom stereocenters. The van der Waals surface area contributed by atoms with E-state index in [1.54, 1.807) is 56.4 Å². The highest BCUT2D eigenvalue weighted by atomic mass is 19.4. The molecule has 3 aromatic rings. The third kappa shape index (κ3) is 7.33. The average Bonchev–Trinajstić information content (AvgIpc) is 3.62. The van der Waals surface area contributed by atoms with Crippen LogP contribution >= 0.6 is 0 Å². The molecule has 2 fully saturated rings. The summed E-state index contributed by atoms with van der Waals surface area (Å²) in [6, 6.07) is 10.7. The predicted molar refractivity (Wildman–Crippen MR) is 174 cm³/mol. The maximum atomic E-state index is 13.7. The van der Waals surface area contributed by atoms with Gasteiger partial charge in [0.15, 0.2) is 0 Å². The summed E-state index contributed by atoms with van der Waals surface area (Å²) in [5.74, 6) is -0.0103. The summed E-state index contributed by atoms with van der Waals surface area (Å²) in [5, 5.41) is 9.42. The number of anilines is 1. The molecule has 0 bridgehead atoms. The van der Waals surface area contributed by atoms with Crippen molar-refractivity contribution in [1.29, 1.82) is 0 Å². The number of aryl methyl sites for hydroxylation is 1. The summed E-state index contributed by atoms with van der Waals surface area (Å²) in [4.78, 5) is 32.7. The number of aromatic nitrogens is 1. The van der Waals surface area contributed by atoms with Crippen molar-refractivity contribution in [1.82, 2.24) is 9.88 Å². The lowest BCUT2D eigenvalue weighted by molar-refractivity contribution is -0.0903. The number of allylic oxidation sites excluding steroid dienone is 3. The van der Waals surface area contributed by atoms with Gasteiger partial charge >= 0.3 is 24.4 Å². The summed E-state index contributed by atoms with van der Waals surface area (Å²) >= 11 is 0. The Labute approximate surface area is 283 Å². The standard InChI is InChI=1S/C36H33F6N3O5/c1-19-14-22(33(46)47)6-8-24(19)21-7-11-30(49-5)26(16-21)27-18-43-31(44(3)4)17-25(27)28-9-10-29-32(50-34(48)45(28)29)20(2)15-23(36(40,41)42)12-13-35(37,38)39/h6-8,11-18,28-29,32H,2,9-10H2,1,3-5H3,(H,46,47)/b13-12+,23-15+/t28-,29?,32+/m0/s1. The first kappa shape index (κ1) is 36.0. The van der Waals surface area contributed by atoms with Gasteiger partial charge in [-0.2, -0.15) is 26.3 Å². The van der Waals surface area contributed by atoms with E-state index in [-0.39, 0.29) is 17.2 Å². The van der Waals surface area contributed by atoms with Crippen molar-refractivity contribution >= 4 is 17.9 Å². The highest BCUT2D eigenvalue weighted by Gasteiger charge is 2.51. The predicted octanol–water partition coefficient (Wildman–Crippen LogP) is 8.68. The van der Waals surface area contributed by atoms with E-state index in [9.17, 15) is 41.0 Å². The quantitative estimate of drug-likeness (QED) is 0.176. The van der Waals surface area contributed by atoms with E-state index in [1.807, 2.05) is 12.1 Å². The lowest BCUT2D eigenvalue weighted by Gasteiger charge is -2.26. The van der Waals surface area contributed by atoms with Gasteiger partial charge in [0.05, 0.1) is 30.3 Å². The lowest BCUT2D eigenvalue weighted by Crippen LogP contribution is -2.33. The molecule has 2 aromatic carbocycles. The molecule has 0 spiro atoms. The molecule has 1 unspecified atom stereocenters. The maximum Gasteiger partial charge on any atom is 0.416 e. The maximum absolute atomic E-state index is 13.7. The highest BCUT2D eigenvalue weighted by molar-refractivity contribution is 5.89. The molecule has 1 amide bonds. The number of halogens is 6. The second-order valence-corrected chi connectivity index (χ2v) is 12.2. The Morgan fingerprint density at radius 3 is 2.38 bits per heavy atom. The number of carboxylic acid groups (broad SMARTS) is 1. The zero-order valence-electron chi connectivity index (χ0n) is 27.4. The molecule has 8 nitrogen and oxygen atoms in total. The summed E-state index contributed by atoms with van der Waals surface area (Å²) < 4.78 is 90.3. The van der Waals surface area contributed by atoms with Crippen molar-refractivity contribution in [3.05, 3.63) is 101 Å². The van der Waals surface area contributed by atoms with Gasteiger partial charge in [-0.3, -0.25) is 4.90 Å². The first-order valence-electron chi connectivity index (χ1n) is 15.3. The average molecular weight is 702 g/mol. The van der Waals surface area contributed by atoms with Crippen LogP contribution in [0.1, 0.15) is 40.4 Å². The Kier molecular flexibility index (Phi) is 9.77. The zero-order valence-corrected chi connectivity index (χ0v) is 27.4. The van der Waals surface area contributed by atoms with Crippen molar-refractivity contribution in [2.75, 3.05) is 26.1 Å². The van der Waals surface area contributed by atoms with E-state index in [4.69, 9.17) is 9.47 Å². The number of rotatable bonds is 9. The van der Waals surface area contributed by atoms with Crippen molar-refractivity contribution in [3.63, 3.8) is 0 Å². The van der Waals surface area contributed by atoms with Crippen LogP contribution in [0, 0.1) is 6.92 Å². The van der Waals surface area contributed by atoms with Gasteiger partial charge in [0, 0.05) is 37.5 Å². The topological polar surface area (TPSA) is 92.2 Å². The third-order valence-corrected chi connectivity index (χ3v) is 8.72. The lowest BCUT2D eigenvalue weighted by atomic mass is 9.91. The van der Waals surface area contributed by atoms with Crippen LogP contribution in [-0.4, -0.2) is 72.8 Å². The molecule has 1 N–H and O–H groups in total. The number of pyridine rings is 1. The number of carboxylic acids is 1. The van der Waals surface area contributed by atoms with Crippen molar-refractivity contribution in [3.8, 4) is 28.0 Å². The zero-order chi connectivity index (χ0) is 36.7. The molecule has 2 saturated heterocycles. The van der Waals surface area contributed by atoms with Crippen molar-refractivity contribution < 1.29 is 50.5 Å². The van der Waals surface area contributed by atoms with Gasteiger partial charge in [-0.1, -0.05) is 18.7 Å². The minimum Gasteiger partial charge on any atom is -0.496 e. The Morgan fingerprint density at radius 1 is 1.06 bits per heavy atom. The van der Waals surface area contributed by atoms with Gasteiger partial charge in [0.1, 0.15) is 17.7 Å². The minimum absolute atomic E-state index is 0.0767. The molecule has 2 aliphatic heterocycles. The summed E-state index contributed by atoms with van der Waals surface area (Å²) in [7, 11) is 5.07. The second kappa shape index (κ2) is 13.6. The van der Waals surface area contributed by atoms with Gasteiger partial charge in [0.25, 0.3) is 0 Å². The van der Waals surface area contributed by atoms with Gasteiger partial charge in [-0.15, -0.1) is 0 Å². The Bertz CT molecular complexity index is 1900. The number of alkyl halides is 6. The first-order valence-corrected chi connectivity index (χ1v) is 15.3. The van der Waals surface area contributed by atoms with E-state index in [0.717, 1.165) is 16.7 Å². The van der Waals surface area contributed by atoms with Crippen molar-refractivity contribution in [2.24, 2.45) is 0 Å². The number of carbonyl (C=O) groups is 2. The summed E-state index contributed by atoms with van der Waals surface area (Å²) in [6.07, 6.45) is -9.92. The first-order chi connectivity index (χ1) is 23.4. The number of hydrogen-bond donors (Lipinski definition) is 1. The van der Waals surface area contributed by atoms with E-state index < -0.39 is 54.3 Å². The Hall–Kier alpha value is -5.27. The fraction of sp³-hybridized carbons (Fsp3) is 0.306. The van der Waals surface area contributed by atoms with E-state index >= 15 is 0 Å². The van der Waals surface area contributed by atoms with Crippen LogP contribution in [0.25, 0.3) is 22.3 Å². The van der Waals surface area contributed by atoms with Gasteiger partial charge in [-0.05, 0) is 90.1 Å². The molecule has 0 radical (unpaired) electrons. The summed E-state index contributed by atoms with van der Waals surface area (Å²) in [5.41, 5.74) is 2.39. The van der Waals surface area contributed by atoms with Gasteiger partial charge in [-0.25, -0.2) is 14.6 Å². The number of nitrogens with zero attached hydrogens (tertiary/aromatic N) is 3. The van der Waals surface area contributed by atoms with Crippen LogP contribution in [0.5, 0.6) is 5.75 Å². The minimum atomic E-state index is -5.12. The molecular weight excluding hydrogens is 668 g/mol. The molecule has 2 aliphatic rings. The number of carbonyl (C=O) groups excluding carboxylic acids is 1. The van der Waals surface area contributed by atoms with Crippen LogP contribution in [0.4, 0.5) is 37.0 Å². The molecule has 0 saturated carbocycles. The second-order valence-electron chi connectivity index (χ2n) is 12.2. The van der Waals surface area contributed by atoms with Gasteiger partial charge < -0.3 is 19.5 Å². The molecule has 50 heavy (non-hydrogen) atoms. The Morgan fingerprint density at radius 2 is 1.78 bits per heavy atom. The normalized spacial score (nSPS) is 19.5. The molecule has 264 valence electrons. The van der Waals surface area contributed by atoms with Crippen LogP contribution < -0.4 is 9.64 Å². The fourth-order valence-electron chi connectivity index (χ4n) is 6.38. The molecule has 0 aliphatic carbocycles. The number of methoxy groups -OCH3 is 1. The number of hydrogen-bond acceptors (Lipinski definition) is 6.